The molecule has 0 bridgehead atoms. The number of allylic oxidation sites excluding steroid dienone is 1. The van der Waals surface area contributed by atoms with Gasteiger partial charge in [-0.1, -0.05) is 19.4 Å². The third-order valence-electron chi connectivity index (χ3n) is 3.29. The monoisotopic (exact) mass is 224 g/mol. The van der Waals surface area contributed by atoms with Crippen molar-refractivity contribution < 1.29 is 14.3 Å². The fourth-order valence-electron chi connectivity index (χ4n) is 2.16. The molecule has 1 aliphatic carbocycles. The minimum absolute atomic E-state index is 0.0706. The van der Waals surface area contributed by atoms with Crippen LogP contribution in [-0.2, 0) is 14.3 Å². The van der Waals surface area contributed by atoms with Gasteiger partial charge in [-0.3, -0.25) is 0 Å². The number of rotatable bonds is 4. The van der Waals surface area contributed by atoms with Crippen LogP contribution in [0.25, 0.3) is 0 Å². The fourth-order valence-corrected chi connectivity index (χ4v) is 2.16. The molecule has 0 aromatic heterocycles. The third-order valence-corrected chi connectivity index (χ3v) is 3.29. The first-order valence-corrected chi connectivity index (χ1v) is 6.24. The van der Waals surface area contributed by atoms with E-state index in [0.717, 1.165) is 37.7 Å². The highest BCUT2D eigenvalue weighted by atomic mass is 16.6. The summed E-state index contributed by atoms with van der Waals surface area (Å²) in [5.74, 6) is -0.155. The zero-order valence-corrected chi connectivity index (χ0v) is 10.1. The van der Waals surface area contributed by atoms with Crippen LogP contribution in [0.4, 0.5) is 0 Å². The van der Waals surface area contributed by atoms with Crippen molar-refractivity contribution in [1.82, 2.24) is 0 Å². The van der Waals surface area contributed by atoms with Crippen molar-refractivity contribution >= 4 is 5.97 Å². The fraction of sp³-hybridized carbons (Fsp3) is 0.769. The van der Waals surface area contributed by atoms with Gasteiger partial charge in [0.1, 0.15) is 6.10 Å². The maximum absolute atomic E-state index is 11.7. The number of hydrogen-bond donors (Lipinski definition) is 0. The van der Waals surface area contributed by atoms with Crippen molar-refractivity contribution in [3.63, 3.8) is 0 Å². The zero-order valence-electron chi connectivity index (χ0n) is 10.1. The second kappa shape index (κ2) is 5.00. The highest BCUT2D eigenvalue weighted by Crippen LogP contribution is 2.37. The van der Waals surface area contributed by atoms with Gasteiger partial charge in [-0.15, -0.1) is 0 Å². The molecule has 16 heavy (non-hydrogen) atoms. The Kier molecular flexibility index (Phi) is 3.64. The van der Waals surface area contributed by atoms with Crippen LogP contribution < -0.4 is 0 Å². The number of esters is 1. The number of fused-ring (bicyclic) bond motifs is 1. The molecule has 0 aromatic rings. The molecule has 1 aliphatic heterocycles. The molecule has 3 atom stereocenters. The normalized spacial score (nSPS) is 33.1. The molecule has 1 heterocycles. The molecule has 1 saturated carbocycles. The summed E-state index contributed by atoms with van der Waals surface area (Å²) in [5, 5.41) is 0. The smallest absolute Gasteiger partial charge is 0.333 e. The van der Waals surface area contributed by atoms with Gasteiger partial charge >= 0.3 is 5.97 Å². The molecule has 2 aliphatic rings. The van der Waals surface area contributed by atoms with Crippen molar-refractivity contribution in [2.45, 2.75) is 64.3 Å². The van der Waals surface area contributed by atoms with E-state index in [4.69, 9.17) is 9.47 Å². The lowest BCUT2D eigenvalue weighted by Gasteiger charge is -2.19. The predicted octanol–water partition coefficient (Wildman–Crippen LogP) is 2.60. The predicted molar refractivity (Wildman–Crippen MR) is 61.1 cm³/mol. The van der Waals surface area contributed by atoms with Crippen molar-refractivity contribution in [2.24, 2.45) is 0 Å². The molecule has 0 N–H and O–H groups in total. The molecule has 3 heteroatoms. The maximum Gasteiger partial charge on any atom is 0.333 e. The third kappa shape index (κ3) is 2.85. The van der Waals surface area contributed by atoms with Gasteiger partial charge < -0.3 is 9.47 Å². The Morgan fingerprint density at radius 3 is 2.94 bits per heavy atom. The summed E-state index contributed by atoms with van der Waals surface area (Å²) < 4.78 is 10.9. The quantitative estimate of drug-likeness (QED) is 0.418. The molecule has 3 unspecified atom stereocenters. The standard InChI is InChI=1S/C13H20O3/c1-3-4-5-9(2)13(14)15-10-6-7-11-12(8-10)16-11/h5,10-12H,3-4,6-8H2,1-2H3. The van der Waals surface area contributed by atoms with Crippen LogP contribution >= 0.6 is 0 Å². The van der Waals surface area contributed by atoms with E-state index < -0.39 is 0 Å². The molecule has 0 spiro atoms. The van der Waals surface area contributed by atoms with Crippen LogP contribution in [0.3, 0.4) is 0 Å². The Morgan fingerprint density at radius 1 is 1.44 bits per heavy atom. The highest BCUT2D eigenvalue weighted by molar-refractivity contribution is 5.87. The summed E-state index contributed by atoms with van der Waals surface area (Å²) >= 11 is 0. The van der Waals surface area contributed by atoms with E-state index in [1.807, 2.05) is 13.0 Å². The van der Waals surface area contributed by atoms with Gasteiger partial charge in [0.15, 0.2) is 0 Å². The van der Waals surface area contributed by atoms with E-state index in [1.165, 1.54) is 0 Å². The molecule has 0 radical (unpaired) electrons. The summed E-state index contributed by atoms with van der Waals surface area (Å²) in [6, 6.07) is 0. The minimum atomic E-state index is -0.155. The first-order chi connectivity index (χ1) is 7.70. The molecule has 0 aromatic carbocycles. The van der Waals surface area contributed by atoms with E-state index in [-0.39, 0.29) is 12.1 Å². The first-order valence-electron chi connectivity index (χ1n) is 6.24. The Balaban J connectivity index is 1.77. The van der Waals surface area contributed by atoms with Crippen LogP contribution in [0, 0.1) is 0 Å². The molecular formula is C13H20O3. The molecule has 90 valence electrons. The highest BCUT2D eigenvalue weighted by Gasteiger charge is 2.45. The lowest BCUT2D eigenvalue weighted by atomic mass is 9.98. The largest absolute Gasteiger partial charge is 0.459 e. The number of carbonyl (C=O) groups is 1. The Labute approximate surface area is 96.8 Å². The van der Waals surface area contributed by atoms with Gasteiger partial charge in [0.05, 0.1) is 12.2 Å². The Morgan fingerprint density at radius 2 is 2.25 bits per heavy atom. The molecule has 2 rings (SSSR count). The van der Waals surface area contributed by atoms with Crippen molar-refractivity contribution in [2.75, 3.05) is 0 Å². The van der Waals surface area contributed by atoms with Gasteiger partial charge in [-0.05, 0) is 26.2 Å². The number of epoxide rings is 1. The molecular weight excluding hydrogens is 204 g/mol. The second-order valence-electron chi connectivity index (χ2n) is 4.73. The minimum Gasteiger partial charge on any atom is -0.459 e. The van der Waals surface area contributed by atoms with Gasteiger partial charge in [-0.25, -0.2) is 4.79 Å². The Bertz CT molecular complexity index is 296. The molecule has 1 saturated heterocycles. The molecule has 2 fully saturated rings. The van der Waals surface area contributed by atoms with Crippen LogP contribution in [0.5, 0.6) is 0 Å². The Hall–Kier alpha value is -0.830. The van der Waals surface area contributed by atoms with E-state index in [2.05, 4.69) is 6.92 Å². The van der Waals surface area contributed by atoms with Crippen LogP contribution in [-0.4, -0.2) is 24.3 Å². The lowest BCUT2D eigenvalue weighted by molar-refractivity contribution is -0.145. The lowest BCUT2D eigenvalue weighted by Crippen LogP contribution is -2.25. The summed E-state index contributed by atoms with van der Waals surface area (Å²) in [6.45, 7) is 3.93. The van der Waals surface area contributed by atoms with Crippen molar-refractivity contribution in [3.05, 3.63) is 11.6 Å². The van der Waals surface area contributed by atoms with Crippen LogP contribution in [0.15, 0.2) is 11.6 Å². The van der Waals surface area contributed by atoms with Crippen LogP contribution in [0.2, 0.25) is 0 Å². The average Bonchev–Trinajstić information content (AvgIpc) is 3.03. The van der Waals surface area contributed by atoms with E-state index in [1.54, 1.807) is 0 Å². The number of ether oxygens (including phenoxy) is 2. The summed E-state index contributed by atoms with van der Waals surface area (Å²) in [5.41, 5.74) is 0.737. The van der Waals surface area contributed by atoms with Gasteiger partial charge in [0.25, 0.3) is 0 Å². The van der Waals surface area contributed by atoms with Gasteiger partial charge in [0.2, 0.25) is 0 Å². The SMILES string of the molecule is CCCC=C(C)C(=O)OC1CCC2OC2C1. The number of hydrogen-bond acceptors (Lipinski definition) is 3. The van der Waals surface area contributed by atoms with Gasteiger partial charge in [0, 0.05) is 12.0 Å². The maximum atomic E-state index is 11.7. The summed E-state index contributed by atoms with van der Waals surface area (Å²) in [7, 11) is 0. The number of carbonyl (C=O) groups excluding carboxylic acids is 1. The average molecular weight is 224 g/mol. The van der Waals surface area contributed by atoms with Crippen molar-refractivity contribution in [3.8, 4) is 0 Å². The molecule has 3 nitrogen and oxygen atoms in total. The zero-order chi connectivity index (χ0) is 11.5. The molecule has 0 amide bonds. The first kappa shape index (κ1) is 11.6. The van der Waals surface area contributed by atoms with E-state index >= 15 is 0 Å². The number of unbranched alkanes of at least 4 members (excludes halogenated alkanes) is 1. The van der Waals surface area contributed by atoms with E-state index in [9.17, 15) is 4.79 Å². The van der Waals surface area contributed by atoms with Gasteiger partial charge in [-0.2, -0.15) is 0 Å². The summed E-state index contributed by atoms with van der Waals surface area (Å²) in [6.07, 6.45) is 7.75. The second-order valence-corrected chi connectivity index (χ2v) is 4.73. The van der Waals surface area contributed by atoms with E-state index in [0.29, 0.717) is 12.2 Å². The van der Waals surface area contributed by atoms with Crippen LogP contribution in [0.1, 0.15) is 46.0 Å². The van der Waals surface area contributed by atoms with Crippen molar-refractivity contribution in [1.29, 1.82) is 0 Å². The topological polar surface area (TPSA) is 38.8 Å². The summed E-state index contributed by atoms with van der Waals surface area (Å²) in [4.78, 5) is 11.7.